The maximum atomic E-state index is 13.4. The number of rotatable bonds is 6. The Balaban J connectivity index is 1.46. The normalized spacial score (nSPS) is 11.0. The maximum absolute atomic E-state index is 13.4. The second-order valence-electron chi connectivity index (χ2n) is 7.27. The number of aromatic nitrogens is 3. The van der Waals surface area contributed by atoms with Crippen LogP contribution in [0.1, 0.15) is 11.3 Å². The van der Waals surface area contributed by atoms with E-state index in [9.17, 15) is 9.18 Å². The van der Waals surface area contributed by atoms with Crippen molar-refractivity contribution in [3.63, 3.8) is 0 Å². The molecule has 32 heavy (non-hydrogen) atoms. The summed E-state index contributed by atoms with van der Waals surface area (Å²) in [5.74, 6) is -0.0901. The van der Waals surface area contributed by atoms with E-state index in [2.05, 4.69) is 10.3 Å². The van der Waals surface area contributed by atoms with E-state index in [1.807, 2.05) is 30.3 Å². The third kappa shape index (κ3) is 4.00. The number of hydrogen-bond acceptors (Lipinski definition) is 5. The van der Waals surface area contributed by atoms with Crippen molar-refractivity contribution in [3.05, 3.63) is 112 Å². The highest BCUT2D eigenvalue weighted by Crippen LogP contribution is 2.31. The number of ether oxygens (including phenoxy) is 1. The summed E-state index contributed by atoms with van der Waals surface area (Å²) in [6.07, 6.45) is 1.77. The van der Waals surface area contributed by atoms with Gasteiger partial charge in [0.05, 0.1) is 18.1 Å². The van der Waals surface area contributed by atoms with Crippen LogP contribution in [0.3, 0.4) is 0 Å². The van der Waals surface area contributed by atoms with Crippen LogP contribution >= 0.6 is 0 Å². The first kappa shape index (κ1) is 19.7. The fourth-order valence-corrected chi connectivity index (χ4v) is 3.45. The van der Waals surface area contributed by atoms with Crippen LogP contribution in [0.5, 0.6) is 5.75 Å². The molecule has 5 aromatic rings. The zero-order chi connectivity index (χ0) is 21.9. The van der Waals surface area contributed by atoms with Gasteiger partial charge in [0.1, 0.15) is 23.7 Å². The highest BCUT2D eigenvalue weighted by molar-refractivity contribution is 5.81. The summed E-state index contributed by atoms with van der Waals surface area (Å²) in [6, 6.07) is 22.5. The Morgan fingerprint density at radius 1 is 0.938 bits per heavy atom. The molecule has 7 heteroatoms. The van der Waals surface area contributed by atoms with Gasteiger partial charge >= 0.3 is 0 Å². The van der Waals surface area contributed by atoms with Crippen molar-refractivity contribution in [1.82, 2.24) is 15.0 Å². The summed E-state index contributed by atoms with van der Waals surface area (Å²) in [6.45, 7) is 0.610. The van der Waals surface area contributed by atoms with Crippen LogP contribution in [-0.4, -0.2) is 15.0 Å². The fraction of sp³-hybridized carbons (Fsp3) is 0.0800. The SMILES string of the molecule is O=c1c(OCc2cn(Cc3ccccc3)nn2)c(-c2ccc(F)cc2)oc2ccccc12. The molecule has 0 aliphatic heterocycles. The lowest BCUT2D eigenvalue weighted by Crippen LogP contribution is -2.10. The molecule has 0 radical (unpaired) electrons. The zero-order valence-corrected chi connectivity index (χ0v) is 16.9. The Bertz CT molecular complexity index is 1430. The molecule has 5 rings (SSSR count). The number of benzene rings is 3. The van der Waals surface area contributed by atoms with Gasteiger partial charge in [-0.3, -0.25) is 4.79 Å². The van der Waals surface area contributed by atoms with E-state index in [4.69, 9.17) is 9.15 Å². The lowest BCUT2D eigenvalue weighted by Gasteiger charge is -2.11. The van der Waals surface area contributed by atoms with Crippen molar-refractivity contribution in [3.8, 4) is 17.1 Å². The van der Waals surface area contributed by atoms with Crippen molar-refractivity contribution in [2.24, 2.45) is 0 Å². The third-order valence-electron chi connectivity index (χ3n) is 5.00. The van der Waals surface area contributed by atoms with Crippen LogP contribution < -0.4 is 10.2 Å². The summed E-state index contributed by atoms with van der Waals surface area (Å²) in [5.41, 5.74) is 2.33. The highest BCUT2D eigenvalue weighted by Gasteiger charge is 2.18. The average molecular weight is 427 g/mol. The van der Waals surface area contributed by atoms with Crippen molar-refractivity contribution in [2.45, 2.75) is 13.2 Å². The van der Waals surface area contributed by atoms with Gasteiger partial charge < -0.3 is 9.15 Å². The van der Waals surface area contributed by atoms with E-state index < -0.39 is 0 Å². The smallest absolute Gasteiger partial charge is 0.235 e. The topological polar surface area (TPSA) is 70.2 Å². The van der Waals surface area contributed by atoms with Gasteiger partial charge in [-0.1, -0.05) is 47.7 Å². The van der Waals surface area contributed by atoms with Gasteiger partial charge in [-0.2, -0.15) is 0 Å². The molecule has 0 amide bonds. The molecule has 0 N–H and O–H groups in total. The van der Waals surface area contributed by atoms with Gasteiger partial charge in [0, 0.05) is 5.56 Å². The molecule has 0 fully saturated rings. The van der Waals surface area contributed by atoms with Crippen LogP contribution in [-0.2, 0) is 13.2 Å². The molecule has 0 saturated carbocycles. The molecule has 0 unspecified atom stereocenters. The molecular formula is C25H18FN3O3. The second-order valence-corrected chi connectivity index (χ2v) is 7.27. The minimum atomic E-state index is -0.380. The standard InChI is InChI=1S/C25H18FN3O3/c26-19-12-10-18(11-13-19)24-25(23(30)21-8-4-5-9-22(21)32-24)31-16-20-15-29(28-27-20)14-17-6-2-1-3-7-17/h1-13,15H,14,16H2. The molecule has 0 saturated heterocycles. The number of fused-ring (bicyclic) bond motifs is 1. The van der Waals surface area contributed by atoms with Crippen LogP contribution in [0.4, 0.5) is 4.39 Å². The van der Waals surface area contributed by atoms with Gasteiger partial charge in [-0.05, 0) is 42.0 Å². The predicted molar refractivity (Wildman–Crippen MR) is 118 cm³/mol. The molecule has 158 valence electrons. The van der Waals surface area contributed by atoms with Crippen LogP contribution in [0.25, 0.3) is 22.3 Å². The van der Waals surface area contributed by atoms with Crippen molar-refractivity contribution < 1.29 is 13.5 Å². The Hall–Kier alpha value is -4.26. The van der Waals surface area contributed by atoms with Crippen molar-refractivity contribution >= 4 is 11.0 Å². The van der Waals surface area contributed by atoms with E-state index in [1.54, 1.807) is 47.3 Å². The molecule has 0 aliphatic rings. The summed E-state index contributed by atoms with van der Waals surface area (Å²) in [4.78, 5) is 13.2. The minimum Gasteiger partial charge on any atom is -0.480 e. The lowest BCUT2D eigenvalue weighted by atomic mass is 10.1. The Morgan fingerprint density at radius 3 is 2.50 bits per heavy atom. The molecule has 0 spiro atoms. The summed E-state index contributed by atoms with van der Waals surface area (Å²) in [7, 11) is 0. The van der Waals surface area contributed by atoms with E-state index in [-0.39, 0.29) is 29.4 Å². The van der Waals surface area contributed by atoms with Crippen LogP contribution in [0.2, 0.25) is 0 Å². The largest absolute Gasteiger partial charge is 0.480 e. The quantitative estimate of drug-likeness (QED) is 0.389. The molecule has 3 aromatic carbocycles. The third-order valence-corrected chi connectivity index (χ3v) is 5.00. The molecule has 6 nitrogen and oxygen atoms in total. The molecule has 0 atom stereocenters. The minimum absolute atomic E-state index is 0.0338. The van der Waals surface area contributed by atoms with Crippen LogP contribution in [0, 0.1) is 5.82 Å². The highest BCUT2D eigenvalue weighted by atomic mass is 19.1. The van der Waals surface area contributed by atoms with Crippen molar-refractivity contribution in [2.75, 3.05) is 0 Å². The Morgan fingerprint density at radius 2 is 1.69 bits per heavy atom. The summed E-state index contributed by atoms with van der Waals surface area (Å²) in [5, 5.41) is 8.67. The predicted octanol–water partition coefficient (Wildman–Crippen LogP) is 4.82. The van der Waals surface area contributed by atoms with Gasteiger partial charge in [0.15, 0.2) is 5.76 Å². The summed E-state index contributed by atoms with van der Waals surface area (Å²) >= 11 is 0. The van der Waals surface area contributed by atoms with Gasteiger partial charge in [0.2, 0.25) is 11.2 Å². The molecule has 0 aliphatic carbocycles. The maximum Gasteiger partial charge on any atom is 0.235 e. The first-order chi connectivity index (χ1) is 15.7. The fourth-order valence-electron chi connectivity index (χ4n) is 3.45. The first-order valence-electron chi connectivity index (χ1n) is 10.0. The summed E-state index contributed by atoms with van der Waals surface area (Å²) < 4.78 is 27.0. The lowest BCUT2D eigenvalue weighted by molar-refractivity contribution is 0.293. The van der Waals surface area contributed by atoms with E-state index in [1.165, 1.54) is 12.1 Å². The van der Waals surface area contributed by atoms with Crippen molar-refractivity contribution in [1.29, 1.82) is 0 Å². The zero-order valence-electron chi connectivity index (χ0n) is 16.9. The van der Waals surface area contributed by atoms with E-state index in [0.29, 0.717) is 28.8 Å². The number of halogens is 1. The Labute approximate surface area is 182 Å². The molecule has 2 aromatic heterocycles. The van der Waals surface area contributed by atoms with Crippen LogP contribution in [0.15, 0.2) is 94.3 Å². The van der Waals surface area contributed by atoms with Gasteiger partial charge in [0.25, 0.3) is 0 Å². The first-order valence-corrected chi connectivity index (χ1v) is 10.0. The molecule has 0 bridgehead atoms. The Kier molecular flexibility index (Phi) is 5.21. The van der Waals surface area contributed by atoms with E-state index >= 15 is 0 Å². The molecular weight excluding hydrogens is 409 g/mol. The number of para-hydroxylation sites is 1. The van der Waals surface area contributed by atoms with Gasteiger partial charge in [-0.25, -0.2) is 9.07 Å². The second kappa shape index (κ2) is 8.47. The average Bonchev–Trinajstić information content (AvgIpc) is 3.27. The monoisotopic (exact) mass is 427 g/mol. The number of hydrogen-bond donors (Lipinski definition) is 0. The van der Waals surface area contributed by atoms with Gasteiger partial charge in [-0.15, -0.1) is 5.10 Å². The molecule has 2 heterocycles. The van der Waals surface area contributed by atoms with E-state index in [0.717, 1.165) is 5.56 Å². The number of nitrogens with zero attached hydrogens (tertiary/aromatic N) is 3.